The van der Waals surface area contributed by atoms with Crippen LogP contribution >= 0.6 is 0 Å². The topological polar surface area (TPSA) is 6.48 Å². The molecule has 0 heterocycles. The first-order valence-electron chi connectivity index (χ1n) is 2.92. The number of rotatable bonds is 3. The summed E-state index contributed by atoms with van der Waals surface area (Å²) >= 11 is 0. The largest absolute Gasteiger partial charge is 2.00 e. The first-order chi connectivity index (χ1) is 3.63. The van der Waals surface area contributed by atoms with Gasteiger partial charge in [-0.3, -0.25) is 0 Å². The summed E-state index contributed by atoms with van der Waals surface area (Å²) in [7, 11) is 8.35. The summed E-state index contributed by atoms with van der Waals surface area (Å²) in [5.74, 6) is 0. The van der Waals surface area contributed by atoms with Crippen LogP contribution in [0.1, 0.15) is 5.71 Å². The minimum Gasteiger partial charge on any atom is -1.00 e. The zero-order valence-corrected chi connectivity index (χ0v) is 10.6. The van der Waals surface area contributed by atoms with Gasteiger partial charge in [0.15, 0.2) is 0 Å². The molecule has 0 atom stereocenters. The summed E-state index contributed by atoms with van der Waals surface area (Å²) in [5, 5.41) is 0. The van der Waals surface area contributed by atoms with E-state index in [0.29, 0.717) is 0 Å². The maximum atomic E-state index is 2.18. The first-order valence-corrected chi connectivity index (χ1v) is 2.92. The molecule has 10 heavy (non-hydrogen) atoms. The van der Waals surface area contributed by atoms with E-state index in [1.807, 2.05) is 0 Å². The molecule has 0 aliphatic rings. The Morgan fingerprint density at radius 2 is 1.00 bits per heavy atom. The van der Waals surface area contributed by atoms with Gasteiger partial charge in [0.05, 0.1) is 0 Å². The quantitative estimate of drug-likeness (QED) is 0.539. The van der Waals surface area contributed by atoms with Crippen LogP contribution in [-0.4, -0.2) is 97.2 Å². The standard InChI is InChI=1S/C6H16N2.2Mg.4H/c1-7(2)5-6-8(3)4;;;;;;/h5-6H2,1-4H3;;;;;;/q;2*+2;4*-1. The predicted octanol–water partition coefficient (Wildman–Crippen LogP) is -0.202. The van der Waals surface area contributed by atoms with Gasteiger partial charge in [0.1, 0.15) is 0 Å². The number of nitrogens with zero attached hydrogens (tertiary/aromatic N) is 2. The second-order valence-electron chi connectivity index (χ2n) is 2.61. The van der Waals surface area contributed by atoms with Crippen LogP contribution in [0.15, 0.2) is 0 Å². The molecule has 0 N–H and O–H groups in total. The predicted molar refractivity (Wildman–Crippen MR) is 53.1 cm³/mol. The van der Waals surface area contributed by atoms with Crippen molar-refractivity contribution in [1.29, 1.82) is 0 Å². The molecule has 4 heteroatoms. The van der Waals surface area contributed by atoms with Crippen LogP contribution in [0.2, 0.25) is 0 Å². The van der Waals surface area contributed by atoms with Gasteiger partial charge >= 0.3 is 46.1 Å². The van der Waals surface area contributed by atoms with E-state index in [0.717, 1.165) is 13.1 Å². The van der Waals surface area contributed by atoms with Crippen LogP contribution in [0.25, 0.3) is 0 Å². The number of hydrogen-bond acceptors (Lipinski definition) is 2. The average Bonchev–Trinajstić information content (AvgIpc) is 1.61. The van der Waals surface area contributed by atoms with E-state index in [2.05, 4.69) is 38.0 Å². The van der Waals surface area contributed by atoms with Crippen molar-refractivity contribution in [3.63, 3.8) is 0 Å². The monoisotopic (exact) mass is 168 g/mol. The summed E-state index contributed by atoms with van der Waals surface area (Å²) in [6.07, 6.45) is 0. The molecule has 0 aromatic rings. The zero-order valence-electron chi connectivity index (χ0n) is 11.7. The molecule has 0 amide bonds. The molecule has 0 bridgehead atoms. The third-order valence-corrected chi connectivity index (χ3v) is 0.994. The Labute approximate surface area is 103 Å². The number of likely N-dealkylation sites (N-methyl/N-ethyl adjacent to an activating group) is 2. The normalized spacial score (nSPS) is 9.00. The van der Waals surface area contributed by atoms with E-state index in [-0.39, 0.29) is 51.8 Å². The average molecular weight is 169 g/mol. The van der Waals surface area contributed by atoms with Gasteiger partial charge in [0.25, 0.3) is 0 Å². The maximum Gasteiger partial charge on any atom is 2.00 e. The van der Waals surface area contributed by atoms with Gasteiger partial charge in [-0.15, -0.1) is 0 Å². The Morgan fingerprint density at radius 1 is 0.800 bits per heavy atom. The number of hydrogen-bond donors (Lipinski definition) is 0. The van der Waals surface area contributed by atoms with E-state index in [1.54, 1.807) is 0 Å². The SMILES string of the molecule is CN(C)CCN(C)C.[H-].[H-].[H-].[H-].[Mg+2].[Mg+2]. The molecule has 58 valence electrons. The Morgan fingerprint density at radius 3 is 1.10 bits per heavy atom. The van der Waals surface area contributed by atoms with Gasteiger partial charge in [0.2, 0.25) is 0 Å². The van der Waals surface area contributed by atoms with Gasteiger partial charge in [-0.25, -0.2) is 0 Å². The summed E-state index contributed by atoms with van der Waals surface area (Å²) in [5.41, 5.74) is 0. The Bertz CT molecular complexity index is 61.8. The molecule has 0 aromatic carbocycles. The summed E-state index contributed by atoms with van der Waals surface area (Å²) in [6.45, 7) is 2.29. The van der Waals surface area contributed by atoms with Crippen molar-refractivity contribution in [3.05, 3.63) is 0 Å². The van der Waals surface area contributed by atoms with Crippen LogP contribution in [0.4, 0.5) is 0 Å². The van der Waals surface area contributed by atoms with Crippen molar-refractivity contribution in [1.82, 2.24) is 9.80 Å². The van der Waals surface area contributed by atoms with Crippen LogP contribution in [-0.2, 0) is 0 Å². The second kappa shape index (κ2) is 10.5. The van der Waals surface area contributed by atoms with E-state index >= 15 is 0 Å². The fourth-order valence-electron chi connectivity index (χ4n) is 0.400. The van der Waals surface area contributed by atoms with Gasteiger partial charge in [-0.05, 0) is 28.2 Å². The van der Waals surface area contributed by atoms with E-state index in [4.69, 9.17) is 0 Å². The maximum absolute atomic E-state index is 2.18. The van der Waals surface area contributed by atoms with Gasteiger partial charge in [0, 0.05) is 13.1 Å². The third kappa shape index (κ3) is 16.2. The summed E-state index contributed by atoms with van der Waals surface area (Å²) < 4.78 is 0. The Kier molecular flexibility index (Phi) is 18.3. The molecule has 0 aromatic heterocycles. The first kappa shape index (κ1) is 17.5. The van der Waals surface area contributed by atoms with E-state index in [9.17, 15) is 0 Å². The van der Waals surface area contributed by atoms with Crippen LogP contribution in [0.5, 0.6) is 0 Å². The summed E-state index contributed by atoms with van der Waals surface area (Å²) in [4.78, 5) is 4.36. The molecule has 0 fully saturated rings. The van der Waals surface area contributed by atoms with Crippen LogP contribution < -0.4 is 0 Å². The van der Waals surface area contributed by atoms with Crippen molar-refractivity contribution in [3.8, 4) is 0 Å². The molecule has 0 aliphatic heterocycles. The fourth-order valence-corrected chi connectivity index (χ4v) is 0.400. The Hall–Kier alpha value is 1.45. The van der Waals surface area contributed by atoms with E-state index in [1.165, 1.54) is 0 Å². The Balaban J connectivity index is -0.0000000163. The van der Waals surface area contributed by atoms with Crippen LogP contribution in [0, 0.1) is 0 Å². The fraction of sp³-hybridized carbons (Fsp3) is 1.00. The van der Waals surface area contributed by atoms with Crippen LogP contribution in [0.3, 0.4) is 0 Å². The van der Waals surface area contributed by atoms with Crippen molar-refractivity contribution >= 4 is 46.1 Å². The van der Waals surface area contributed by atoms with E-state index < -0.39 is 0 Å². The summed E-state index contributed by atoms with van der Waals surface area (Å²) in [6, 6.07) is 0. The van der Waals surface area contributed by atoms with Gasteiger partial charge in [-0.1, -0.05) is 0 Å². The van der Waals surface area contributed by atoms with Crippen molar-refractivity contribution in [2.45, 2.75) is 0 Å². The molecule has 0 unspecified atom stereocenters. The molecule has 0 radical (unpaired) electrons. The molecule has 0 rings (SSSR count). The van der Waals surface area contributed by atoms with Crippen molar-refractivity contribution in [2.75, 3.05) is 41.3 Å². The third-order valence-electron chi connectivity index (χ3n) is 0.994. The molecule has 0 saturated carbocycles. The minimum atomic E-state index is 0. The van der Waals surface area contributed by atoms with Gasteiger partial charge < -0.3 is 15.5 Å². The molecular formula is C6H20Mg2N2. The van der Waals surface area contributed by atoms with Crippen molar-refractivity contribution < 1.29 is 5.71 Å². The van der Waals surface area contributed by atoms with Gasteiger partial charge in [-0.2, -0.15) is 0 Å². The molecule has 2 nitrogen and oxygen atoms in total. The van der Waals surface area contributed by atoms with Crippen molar-refractivity contribution in [2.24, 2.45) is 0 Å². The second-order valence-corrected chi connectivity index (χ2v) is 2.61. The molecule has 0 spiro atoms. The zero-order chi connectivity index (χ0) is 6.57. The smallest absolute Gasteiger partial charge is 1.00 e. The minimum absolute atomic E-state index is 0. The molecule has 0 aliphatic carbocycles. The molecule has 0 saturated heterocycles. The molecular weight excluding hydrogens is 149 g/mol.